The lowest BCUT2D eigenvalue weighted by Crippen LogP contribution is -2.23. The van der Waals surface area contributed by atoms with Crippen molar-refractivity contribution in [1.82, 2.24) is 19.6 Å². The van der Waals surface area contributed by atoms with Gasteiger partial charge in [-0.15, -0.1) is 0 Å². The molecule has 0 unspecified atom stereocenters. The number of rotatable bonds is 4. The van der Waals surface area contributed by atoms with Crippen molar-refractivity contribution in [1.29, 1.82) is 0 Å². The SMILES string of the molecule is Cc1cc(CN(C)Cc2cnc3n2CCOC3)no1. The summed E-state index contributed by atoms with van der Waals surface area (Å²) in [5, 5.41) is 4.01. The van der Waals surface area contributed by atoms with Crippen LogP contribution in [0.1, 0.15) is 23.0 Å². The Labute approximate surface area is 112 Å². The number of hydrogen-bond donors (Lipinski definition) is 0. The summed E-state index contributed by atoms with van der Waals surface area (Å²) in [7, 11) is 2.07. The predicted octanol–water partition coefficient (Wildman–Crippen LogP) is 1.34. The molecule has 102 valence electrons. The molecule has 0 bridgehead atoms. The van der Waals surface area contributed by atoms with E-state index in [4.69, 9.17) is 9.26 Å². The van der Waals surface area contributed by atoms with E-state index >= 15 is 0 Å². The zero-order chi connectivity index (χ0) is 13.2. The molecule has 0 aromatic carbocycles. The van der Waals surface area contributed by atoms with Crippen LogP contribution in [-0.4, -0.2) is 33.3 Å². The fraction of sp³-hybridized carbons (Fsp3) is 0.538. The van der Waals surface area contributed by atoms with Crippen LogP contribution in [0.3, 0.4) is 0 Å². The Hall–Kier alpha value is -1.66. The highest BCUT2D eigenvalue weighted by Crippen LogP contribution is 2.14. The van der Waals surface area contributed by atoms with Crippen LogP contribution >= 0.6 is 0 Å². The van der Waals surface area contributed by atoms with Gasteiger partial charge in [0.2, 0.25) is 0 Å². The van der Waals surface area contributed by atoms with Crippen molar-refractivity contribution in [3.8, 4) is 0 Å². The smallest absolute Gasteiger partial charge is 0.135 e. The summed E-state index contributed by atoms with van der Waals surface area (Å²) in [4.78, 5) is 6.60. The van der Waals surface area contributed by atoms with Crippen molar-refractivity contribution in [2.24, 2.45) is 0 Å². The predicted molar refractivity (Wildman–Crippen MR) is 68.3 cm³/mol. The Morgan fingerprint density at radius 3 is 3.11 bits per heavy atom. The number of aryl methyl sites for hydroxylation is 1. The third-order valence-corrected chi connectivity index (χ3v) is 3.25. The Kier molecular flexibility index (Phi) is 3.35. The zero-order valence-electron chi connectivity index (χ0n) is 11.3. The summed E-state index contributed by atoms with van der Waals surface area (Å²) in [6.45, 7) is 5.80. The first-order valence-electron chi connectivity index (χ1n) is 6.44. The van der Waals surface area contributed by atoms with Crippen LogP contribution in [0.25, 0.3) is 0 Å². The fourth-order valence-electron chi connectivity index (χ4n) is 2.39. The summed E-state index contributed by atoms with van der Waals surface area (Å²) in [5.74, 6) is 1.87. The minimum Gasteiger partial charge on any atom is -0.372 e. The van der Waals surface area contributed by atoms with E-state index in [-0.39, 0.29) is 0 Å². The van der Waals surface area contributed by atoms with Gasteiger partial charge in [0, 0.05) is 31.9 Å². The van der Waals surface area contributed by atoms with E-state index in [1.54, 1.807) is 0 Å². The fourth-order valence-corrected chi connectivity index (χ4v) is 2.39. The highest BCUT2D eigenvalue weighted by atomic mass is 16.5. The molecule has 0 saturated heterocycles. The monoisotopic (exact) mass is 262 g/mol. The summed E-state index contributed by atoms with van der Waals surface area (Å²) < 4.78 is 12.7. The molecule has 6 heteroatoms. The second-order valence-electron chi connectivity index (χ2n) is 4.97. The first-order valence-corrected chi connectivity index (χ1v) is 6.44. The Morgan fingerprint density at radius 2 is 2.32 bits per heavy atom. The number of fused-ring (bicyclic) bond motifs is 1. The topological polar surface area (TPSA) is 56.3 Å². The Balaban J connectivity index is 1.66. The largest absolute Gasteiger partial charge is 0.372 e. The maximum atomic E-state index is 5.39. The second-order valence-corrected chi connectivity index (χ2v) is 4.97. The molecule has 3 rings (SSSR count). The molecule has 0 N–H and O–H groups in total. The quantitative estimate of drug-likeness (QED) is 0.832. The van der Waals surface area contributed by atoms with E-state index in [1.807, 2.05) is 19.2 Å². The molecule has 0 amide bonds. The van der Waals surface area contributed by atoms with Crippen LogP contribution in [0, 0.1) is 6.92 Å². The van der Waals surface area contributed by atoms with Crippen LogP contribution in [0.5, 0.6) is 0 Å². The minimum absolute atomic E-state index is 0.617. The van der Waals surface area contributed by atoms with Gasteiger partial charge in [-0.2, -0.15) is 0 Å². The van der Waals surface area contributed by atoms with Gasteiger partial charge in [0.05, 0.1) is 18.0 Å². The molecule has 0 radical (unpaired) electrons. The first kappa shape index (κ1) is 12.4. The standard InChI is InChI=1S/C13H18N4O2/c1-10-5-11(15-19-10)7-16(2)8-12-6-14-13-9-18-4-3-17(12)13/h5-6H,3-4,7-9H2,1-2H3. The van der Waals surface area contributed by atoms with Gasteiger partial charge in [-0.05, 0) is 14.0 Å². The van der Waals surface area contributed by atoms with Gasteiger partial charge in [-0.3, -0.25) is 4.90 Å². The molecule has 0 fully saturated rings. The molecule has 0 atom stereocenters. The number of hydrogen-bond acceptors (Lipinski definition) is 5. The van der Waals surface area contributed by atoms with Gasteiger partial charge in [-0.25, -0.2) is 4.98 Å². The van der Waals surface area contributed by atoms with E-state index in [0.29, 0.717) is 6.61 Å². The first-order chi connectivity index (χ1) is 9.22. The highest BCUT2D eigenvalue weighted by Gasteiger charge is 2.15. The van der Waals surface area contributed by atoms with E-state index in [2.05, 4.69) is 26.7 Å². The molecule has 3 heterocycles. The Bertz CT molecular complexity index is 561. The molecule has 2 aromatic rings. The van der Waals surface area contributed by atoms with Crippen molar-refractivity contribution in [3.63, 3.8) is 0 Å². The van der Waals surface area contributed by atoms with E-state index < -0.39 is 0 Å². The molecule has 0 saturated carbocycles. The van der Waals surface area contributed by atoms with Gasteiger partial charge in [0.15, 0.2) is 0 Å². The van der Waals surface area contributed by atoms with Crippen molar-refractivity contribution in [3.05, 3.63) is 35.2 Å². The van der Waals surface area contributed by atoms with Crippen molar-refractivity contribution >= 4 is 0 Å². The maximum absolute atomic E-state index is 5.39. The minimum atomic E-state index is 0.617. The zero-order valence-corrected chi connectivity index (χ0v) is 11.3. The van der Waals surface area contributed by atoms with E-state index in [9.17, 15) is 0 Å². The summed E-state index contributed by atoms with van der Waals surface area (Å²) in [6.07, 6.45) is 1.94. The van der Waals surface area contributed by atoms with Crippen LogP contribution in [0.2, 0.25) is 0 Å². The third kappa shape index (κ3) is 2.69. The maximum Gasteiger partial charge on any atom is 0.135 e. The van der Waals surface area contributed by atoms with Gasteiger partial charge in [0.25, 0.3) is 0 Å². The van der Waals surface area contributed by atoms with Gasteiger partial charge in [-0.1, -0.05) is 5.16 Å². The van der Waals surface area contributed by atoms with Crippen LogP contribution in [0.4, 0.5) is 0 Å². The van der Waals surface area contributed by atoms with Crippen LogP contribution < -0.4 is 0 Å². The molecular formula is C13H18N4O2. The van der Waals surface area contributed by atoms with Gasteiger partial charge >= 0.3 is 0 Å². The van der Waals surface area contributed by atoms with E-state index in [0.717, 1.165) is 43.5 Å². The molecule has 1 aliphatic rings. The molecule has 0 spiro atoms. The van der Waals surface area contributed by atoms with Crippen molar-refractivity contribution < 1.29 is 9.26 Å². The Morgan fingerprint density at radius 1 is 1.42 bits per heavy atom. The number of imidazole rings is 1. The van der Waals surface area contributed by atoms with Crippen LogP contribution in [0.15, 0.2) is 16.8 Å². The lowest BCUT2D eigenvalue weighted by molar-refractivity contribution is 0.0797. The third-order valence-electron chi connectivity index (χ3n) is 3.25. The summed E-state index contributed by atoms with van der Waals surface area (Å²) in [5.41, 5.74) is 2.18. The molecule has 6 nitrogen and oxygen atoms in total. The lowest BCUT2D eigenvalue weighted by Gasteiger charge is -2.20. The van der Waals surface area contributed by atoms with Gasteiger partial charge in [0.1, 0.15) is 18.2 Å². The average Bonchev–Trinajstić information content (AvgIpc) is 2.97. The normalized spacial score (nSPS) is 14.9. The van der Waals surface area contributed by atoms with Crippen molar-refractivity contribution in [2.75, 3.05) is 13.7 Å². The molecule has 1 aliphatic heterocycles. The molecule has 0 aliphatic carbocycles. The molecule has 19 heavy (non-hydrogen) atoms. The molecular weight excluding hydrogens is 244 g/mol. The lowest BCUT2D eigenvalue weighted by atomic mass is 10.3. The number of ether oxygens (including phenoxy) is 1. The average molecular weight is 262 g/mol. The molecule has 2 aromatic heterocycles. The van der Waals surface area contributed by atoms with Crippen molar-refractivity contribution in [2.45, 2.75) is 33.2 Å². The number of nitrogens with zero attached hydrogens (tertiary/aromatic N) is 4. The second kappa shape index (κ2) is 5.14. The highest BCUT2D eigenvalue weighted by molar-refractivity contribution is 5.07. The van der Waals surface area contributed by atoms with Gasteiger partial charge < -0.3 is 13.8 Å². The van der Waals surface area contributed by atoms with Crippen LogP contribution in [-0.2, 0) is 31.0 Å². The van der Waals surface area contributed by atoms with E-state index in [1.165, 1.54) is 5.69 Å². The summed E-state index contributed by atoms with van der Waals surface area (Å²) >= 11 is 0. The summed E-state index contributed by atoms with van der Waals surface area (Å²) in [6, 6.07) is 1.97. The number of aromatic nitrogens is 3.